The van der Waals surface area contributed by atoms with E-state index in [1.54, 1.807) is 19.2 Å². The third-order valence-corrected chi connectivity index (χ3v) is 2.85. The molecular weight excluding hydrogens is 219 g/mol. The molecule has 0 spiro atoms. The molecular formula is C13H17FN2O. The van der Waals surface area contributed by atoms with Gasteiger partial charge in [-0.2, -0.15) is 5.26 Å². The maximum Gasteiger partial charge on any atom is 0.165 e. The van der Waals surface area contributed by atoms with Gasteiger partial charge < -0.3 is 10.1 Å². The lowest BCUT2D eigenvalue weighted by molar-refractivity contribution is 0.384. The molecule has 0 bridgehead atoms. The minimum atomic E-state index is -0.405. The summed E-state index contributed by atoms with van der Waals surface area (Å²) in [5.41, 5.74) is 0.763. The summed E-state index contributed by atoms with van der Waals surface area (Å²) in [6.07, 6.45) is 0.718. The highest BCUT2D eigenvalue weighted by molar-refractivity contribution is 5.31. The van der Waals surface area contributed by atoms with Crippen molar-refractivity contribution in [2.24, 2.45) is 5.92 Å². The van der Waals surface area contributed by atoms with Crippen molar-refractivity contribution in [2.45, 2.75) is 19.4 Å². The molecule has 0 saturated carbocycles. The minimum Gasteiger partial charge on any atom is -0.494 e. The van der Waals surface area contributed by atoms with Crippen LogP contribution >= 0.6 is 0 Å². The van der Waals surface area contributed by atoms with Gasteiger partial charge in [-0.05, 0) is 31.2 Å². The first-order valence-corrected chi connectivity index (χ1v) is 5.58. The van der Waals surface area contributed by atoms with Gasteiger partial charge in [0.15, 0.2) is 11.6 Å². The molecule has 17 heavy (non-hydrogen) atoms. The van der Waals surface area contributed by atoms with E-state index in [9.17, 15) is 4.39 Å². The Morgan fingerprint density at radius 2 is 2.24 bits per heavy atom. The van der Waals surface area contributed by atoms with E-state index in [1.807, 2.05) is 6.92 Å². The summed E-state index contributed by atoms with van der Waals surface area (Å²) < 4.78 is 18.4. The first-order chi connectivity index (χ1) is 8.17. The molecule has 0 fully saturated rings. The van der Waals surface area contributed by atoms with Crippen molar-refractivity contribution in [3.8, 4) is 11.8 Å². The van der Waals surface area contributed by atoms with Gasteiger partial charge in [0, 0.05) is 6.04 Å². The molecule has 0 radical (unpaired) electrons. The zero-order chi connectivity index (χ0) is 12.8. The quantitative estimate of drug-likeness (QED) is 0.854. The highest BCUT2D eigenvalue weighted by Gasteiger charge is 2.20. The fraction of sp³-hybridized carbons (Fsp3) is 0.462. The van der Waals surface area contributed by atoms with Gasteiger partial charge in [-0.25, -0.2) is 4.39 Å². The lowest BCUT2D eigenvalue weighted by Gasteiger charge is -2.21. The predicted octanol–water partition coefficient (Wildman–Crippen LogP) is 2.64. The number of halogens is 1. The number of ether oxygens (including phenoxy) is 1. The van der Waals surface area contributed by atoms with Gasteiger partial charge in [0.05, 0.1) is 19.1 Å². The van der Waals surface area contributed by atoms with Gasteiger partial charge in [-0.3, -0.25) is 0 Å². The maximum absolute atomic E-state index is 13.6. The van der Waals surface area contributed by atoms with Gasteiger partial charge in [-0.15, -0.1) is 0 Å². The molecule has 0 aliphatic heterocycles. The molecule has 0 aromatic heterocycles. The number of nitrogens with one attached hydrogen (secondary N) is 1. The number of nitriles is 1. The van der Waals surface area contributed by atoms with Gasteiger partial charge in [0.25, 0.3) is 0 Å². The fourth-order valence-corrected chi connectivity index (χ4v) is 1.88. The zero-order valence-corrected chi connectivity index (χ0v) is 10.3. The zero-order valence-electron chi connectivity index (χ0n) is 10.3. The van der Waals surface area contributed by atoms with Crippen LogP contribution in [-0.2, 0) is 0 Å². The smallest absolute Gasteiger partial charge is 0.165 e. The summed E-state index contributed by atoms with van der Waals surface area (Å²) in [6.45, 7) is 1.94. The molecule has 2 unspecified atom stereocenters. The molecule has 3 nitrogen and oxygen atoms in total. The number of benzene rings is 1. The third-order valence-electron chi connectivity index (χ3n) is 2.85. The molecule has 0 saturated heterocycles. The van der Waals surface area contributed by atoms with E-state index in [0.717, 1.165) is 12.0 Å². The Labute approximate surface area is 101 Å². The Bertz CT molecular complexity index is 414. The first kappa shape index (κ1) is 13.5. The van der Waals surface area contributed by atoms with Crippen LogP contribution in [0, 0.1) is 23.1 Å². The van der Waals surface area contributed by atoms with Crippen LogP contribution in [0.5, 0.6) is 5.75 Å². The number of methoxy groups -OCH3 is 1. The molecule has 92 valence electrons. The Morgan fingerprint density at radius 1 is 1.53 bits per heavy atom. The van der Waals surface area contributed by atoms with Crippen LogP contribution in [0.1, 0.15) is 24.9 Å². The Kier molecular flexibility index (Phi) is 4.92. The maximum atomic E-state index is 13.6. The van der Waals surface area contributed by atoms with Crippen molar-refractivity contribution in [1.82, 2.24) is 5.32 Å². The second kappa shape index (κ2) is 6.21. The lowest BCUT2D eigenvalue weighted by atomic mass is 9.92. The molecule has 4 heteroatoms. The monoisotopic (exact) mass is 236 g/mol. The van der Waals surface area contributed by atoms with Crippen molar-refractivity contribution in [3.63, 3.8) is 0 Å². The SMILES string of the molecule is CCC(C#N)C(NC)c1ccc(OC)c(F)c1. The van der Waals surface area contributed by atoms with Crippen LogP contribution in [0.3, 0.4) is 0 Å². The minimum absolute atomic E-state index is 0.162. The third kappa shape index (κ3) is 2.95. The molecule has 1 aromatic carbocycles. The van der Waals surface area contributed by atoms with Crippen molar-refractivity contribution in [1.29, 1.82) is 5.26 Å². The molecule has 0 amide bonds. The number of rotatable bonds is 5. The van der Waals surface area contributed by atoms with Crippen LogP contribution in [0.2, 0.25) is 0 Å². The molecule has 1 rings (SSSR count). The van der Waals surface area contributed by atoms with Crippen molar-refractivity contribution < 1.29 is 9.13 Å². The number of hydrogen-bond donors (Lipinski definition) is 1. The average Bonchev–Trinajstić information content (AvgIpc) is 2.35. The van der Waals surface area contributed by atoms with E-state index >= 15 is 0 Å². The summed E-state index contributed by atoms with van der Waals surface area (Å²) in [5.74, 6) is -0.362. The molecule has 0 heterocycles. The van der Waals surface area contributed by atoms with Crippen LogP contribution in [-0.4, -0.2) is 14.2 Å². The Hall–Kier alpha value is -1.60. The Morgan fingerprint density at radius 3 is 2.65 bits per heavy atom. The Balaban J connectivity index is 3.05. The second-order valence-electron chi connectivity index (χ2n) is 3.80. The van der Waals surface area contributed by atoms with Crippen molar-refractivity contribution >= 4 is 0 Å². The van der Waals surface area contributed by atoms with Crippen LogP contribution in [0.25, 0.3) is 0 Å². The summed E-state index contributed by atoms with van der Waals surface area (Å²) >= 11 is 0. The van der Waals surface area contributed by atoms with E-state index in [1.165, 1.54) is 13.2 Å². The van der Waals surface area contributed by atoms with Crippen LogP contribution in [0.15, 0.2) is 18.2 Å². The summed E-state index contributed by atoms with van der Waals surface area (Å²) in [7, 11) is 3.20. The highest BCUT2D eigenvalue weighted by Crippen LogP contribution is 2.27. The van der Waals surface area contributed by atoms with Gasteiger partial charge >= 0.3 is 0 Å². The predicted molar refractivity (Wildman–Crippen MR) is 64.1 cm³/mol. The van der Waals surface area contributed by atoms with E-state index < -0.39 is 5.82 Å². The van der Waals surface area contributed by atoms with E-state index in [2.05, 4.69) is 11.4 Å². The largest absolute Gasteiger partial charge is 0.494 e. The van der Waals surface area contributed by atoms with Crippen molar-refractivity contribution in [2.75, 3.05) is 14.2 Å². The standard InChI is InChI=1S/C13H17FN2O/c1-4-9(8-15)13(16-2)10-5-6-12(17-3)11(14)7-10/h5-7,9,13,16H,4H2,1-3H3. The number of hydrogen-bond acceptors (Lipinski definition) is 3. The van der Waals surface area contributed by atoms with E-state index in [0.29, 0.717) is 0 Å². The normalized spacial score (nSPS) is 13.8. The summed E-state index contributed by atoms with van der Waals surface area (Å²) in [6, 6.07) is 6.85. The lowest BCUT2D eigenvalue weighted by Crippen LogP contribution is -2.24. The van der Waals surface area contributed by atoms with Gasteiger partial charge in [-0.1, -0.05) is 13.0 Å². The van der Waals surface area contributed by atoms with E-state index in [-0.39, 0.29) is 17.7 Å². The molecule has 0 aliphatic rings. The molecule has 0 aliphatic carbocycles. The second-order valence-corrected chi connectivity index (χ2v) is 3.80. The van der Waals surface area contributed by atoms with Gasteiger partial charge in [0.1, 0.15) is 0 Å². The van der Waals surface area contributed by atoms with Crippen molar-refractivity contribution in [3.05, 3.63) is 29.6 Å². The first-order valence-electron chi connectivity index (χ1n) is 5.58. The average molecular weight is 236 g/mol. The number of nitrogens with zero attached hydrogens (tertiary/aromatic N) is 1. The van der Waals surface area contributed by atoms with Crippen LogP contribution < -0.4 is 10.1 Å². The molecule has 2 atom stereocenters. The summed E-state index contributed by atoms with van der Waals surface area (Å²) in [4.78, 5) is 0. The fourth-order valence-electron chi connectivity index (χ4n) is 1.88. The topological polar surface area (TPSA) is 45.0 Å². The molecule has 1 aromatic rings. The summed E-state index contributed by atoms with van der Waals surface area (Å²) in [5, 5.41) is 12.1. The van der Waals surface area contributed by atoms with E-state index in [4.69, 9.17) is 10.00 Å². The molecule has 1 N–H and O–H groups in total. The van der Waals surface area contributed by atoms with Gasteiger partial charge in [0.2, 0.25) is 0 Å². The van der Waals surface area contributed by atoms with Crippen LogP contribution in [0.4, 0.5) is 4.39 Å². The highest BCUT2D eigenvalue weighted by atomic mass is 19.1.